The number of anilines is 2. The first-order chi connectivity index (χ1) is 20.8. The summed E-state index contributed by atoms with van der Waals surface area (Å²) in [5, 5.41) is 22.4. The van der Waals surface area contributed by atoms with Crippen LogP contribution in [0.15, 0.2) is 60.2 Å². The van der Waals surface area contributed by atoms with Crippen molar-refractivity contribution in [1.82, 2.24) is 25.1 Å². The minimum absolute atomic E-state index is 0.0911. The standard InChI is InChI=1S/C32H39N7O4S/c1-31(2)27(22-4-6-23(7-5-22)30(40)41)8-10-32(3)21-38(11-9-28(31)32)26-19-24(18-25(33)20-26)29-34-36-39(35-29)13-12-37-14-16-44(42,43)17-15-37/h4-9,18-20H,10-17,21,33H2,1-3H3,(H,40,41)/t32-/m1/s1. The lowest BCUT2D eigenvalue weighted by Gasteiger charge is -2.51. The maximum absolute atomic E-state index is 11.7. The summed E-state index contributed by atoms with van der Waals surface area (Å²) < 4.78 is 23.4. The summed E-state index contributed by atoms with van der Waals surface area (Å²) in [5.41, 5.74) is 12.4. The second-order valence-corrected chi connectivity index (χ2v) is 15.2. The van der Waals surface area contributed by atoms with Crippen molar-refractivity contribution in [3.05, 3.63) is 71.3 Å². The van der Waals surface area contributed by atoms with Crippen LogP contribution in [0.5, 0.6) is 0 Å². The van der Waals surface area contributed by atoms with Crippen LogP contribution in [0.2, 0.25) is 0 Å². The van der Waals surface area contributed by atoms with E-state index in [1.807, 2.05) is 24.3 Å². The van der Waals surface area contributed by atoms with Gasteiger partial charge < -0.3 is 15.7 Å². The lowest BCUT2D eigenvalue weighted by Crippen LogP contribution is -2.47. The molecule has 0 amide bonds. The first-order valence-electron chi connectivity index (χ1n) is 14.9. The Kier molecular flexibility index (Phi) is 7.61. The third-order valence-electron chi connectivity index (χ3n) is 9.32. The number of hydrogen-bond donors (Lipinski definition) is 2. The fourth-order valence-corrected chi connectivity index (χ4v) is 8.28. The molecule has 1 fully saturated rings. The molecule has 2 aliphatic heterocycles. The molecule has 0 bridgehead atoms. The van der Waals surface area contributed by atoms with Gasteiger partial charge in [-0.2, -0.15) is 4.80 Å². The van der Waals surface area contributed by atoms with Crippen molar-refractivity contribution in [2.24, 2.45) is 10.8 Å². The summed E-state index contributed by atoms with van der Waals surface area (Å²) in [5.74, 6) is -0.0353. The van der Waals surface area contributed by atoms with E-state index in [1.54, 1.807) is 16.9 Å². The molecule has 1 aliphatic carbocycles. The van der Waals surface area contributed by atoms with Crippen LogP contribution in [0.25, 0.3) is 17.0 Å². The van der Waals surface area contributed by atoms with Gasteiger partial charge >= 0.3 is 5.97 Å². The quantitative estimate of drug-likeness (QED) is 0.298. The van der Waals surface area contributed by atoms with Gasteiger partial charge in [-0.15, -0.1) is 10.2 Å². The monoisotopic (exact) mass is 617 g/mol. The van der Waals surface area contributed by atoms with Gasteiger partial charge in [0.2, 0.25) is 5.82 Å². The number of sulfone groups is 1. The fraction of sp³-hybridized carbons (Fsp3) is 0.438. The van der Waals surface area contributed by atoms with E-state index in [1.165, 1.54) is 11.1 Å². The zero-order valence-corrected chi connectivity index (χ0v) is 26.2. The molecule has 232 valence electrons. The number of allylic oxidation sites excluding steroid dienone is 2. The zero-order chi connectivity index (χ0) is 31.3. The molecular formula is C32H39N7O4S. The first kappa shape index (κ1) is 30.0. The van der Waals surface area contributed by atoms with Crippen LogP contribution in [0.4, 0.5) is 11.4 Å². The smallest absolute Gasteiger partial charge is 0.335 e. The molecule has 0 spiro atoms. The lowest BCUT2D eigenvalue weighted by molar-refractivity contribution is 0.0697. The highest BCUT2D eigenvalue weighted by atomic mass is 32.2. The second kappa shape index (κ2) is 11.2. The highest BCUT2D eigenvalue weighted by molar-refractivity contribution is 7.91. The van der Waals surface area contributed by atoms with Gasteiger partial charge in [0.1, 0.15) is 0 Å². The van der Waals surface area contributed by atoms with Crippen molar-refractivity contribution < 1.29 is 18.3 Å². The van der Waals surface area contributed by atoms with E-state index in [4.69, 9.17) is 5.73 Å². The van der Waals surface area contributed by atoms with E-state index in [9.17, 15) is 18.3 Å². The molecule has 12 heteroatoms. The van der Waals surface area contributed by atoms with Crippen molar-refractivity contribution in [2.75, 3.05) is 54.9 Å². The van der Waals surface area contributed by atoms with Gasteiger partial charge in [0.25, 0.3) is 0 Å². The Balaban J connectivity index is 1.18. The molecule has 0 saturated carbocycles. The number of aromatic nitrogens is 4. The number of fused-ring (bicyclic) bond motifs is 1. The highest BCUT2D eigenvalue weighted by Crippen LogP contribution is 2.55. The summed E-state index contributed by atoms with van der Waals surface area (Å²) >= 11 is 0. The number of tetrazole rings is 1. The molecule has 0 unspecified atom stereocenters. The van der Waals surface area contributed by atoms with E-state index in [0.717, 1.165) is 36.3 Å². The molecule has 1 aromatic heterocycles. The number of carboxylic acid groups (broad SMARTS) is 1. The molecule has 44 heavy (non-hydrogen) atoms. The Morgan fingerprint density at radius 2 is 1.73 bits per heavy atom. The number of carboxylic acids is 1. The number of benzene rings is 2. The Hall–Kier alpha value is -4.03. The molecule has 3 aromatic rings. The van der Waals surface area contributed by atoms with Crippen LogP contribution < -0.4 is 10.6 Å². The SMILES string of the molecule is CC1(C)C(c2ccc(C(=O)O)cc2)=CC[C@]2(C)CN(c3cc(N)cc(-c4nnn(CCN5CCS(=O)(=O)CC5)n4)c3)CC=C12. The average molecular weight is 618 g/mol. The largest absolute Gasteiger partial charge is 0.478 e. The number of rotatable bonds is 7. The van der Waals surface area contributed by atoms with Gasteiger partial charge in [-0.05, 0) is 53.1 Å². The molecule has 2 aromatic carbocycles. The summed E-state index contributed by atoms with van der Waals surface area (Å²) in [7, 11) is -2.91. The van der Waals surface area contributed by atoms with Crippen molar-refractivity contribution in [3.63, 3.8) is 0 Å². The average Bonchev–Trinajstić information content (AvgIpc) is 3.45. The van der Waals surface area contributed by atoms with Gasteiger partial charge in [-0.3, -0.25) is 4.90 Å². The minimum atomic E-state index is -2.91. The van der Waals surface area contributed by atoms with Crippen molar-refractivity contribution >= 4 is 32.8 Å². The summed E-state index contributed by atoms with van der Waals surface area (Å²) in [6, 6.07) is 13.1. The molecule has 3 aliphatic rings. The van der Waals surface area contributed by atoms with E-state index >= 15 is 0 Å². The minimum Gasteiger partial charge on any atom is -0.478 e. The number of nitrogen functional groups attached to an aromatic ring is 1. The van der Waals surface area contributed by atoms with Gasteiger partial charge in [-0.1, -0.05) is 50.6 Å². The van der Waals surface area contributed by atoms with Gasteiger partial charge in [0.05, 0.1) is 23.6 Å². The lowest BCUT2D eigenvalue weighted by atomic mass is 9.58. The molecular weight excluding hydrogens is 578 g/mol. The summed E-state index contributed by atoms with van der Waals surface area (Å²) in [4.78, 5) is 17.4. The fourth-order valence-electron chi connectivity index (χ4n) is 7.00. The Bertz CT molecular complexity index is 1750. The van der Waals surface area contributed by atoms with Crippen LogP contribution in [-0.4, -0.2) is 88.8 Å². The zero-order valence-electron chi connectivity index (χ0n) is 25.4. The number of hydrogen-bond acceptors (Lipinski definition) is 9. The third kappa shape index (κ3) is 5.88. The number of carbonyl (C=O) groups is 1. The van der Waals surface area contributed by atoms with Crippen LogP contribution in [0.3, 0.4) is 0 Å². The van der Waals surface area contributed by atoms with Crippen LogP contribution in [-0.2, 0) is 16.4 Å². The Labute approximate surface area is 258 Å². The topological polar surface area (TPSA) is 148 Å². The Morgan fingerprint density at radius 3 is 2.43 bits per heavy atom. The van der Waals surface area contributed by atoms with Crippen molar-refractivity contribution in [3.8, 4) is 11.4 Å². The molecule has 3 N–H and O–H groups in total. The second-order valence-electron chi connectivity index (χ2n) is 12.9. The number of nitrogens with two attached hydrogens (primary N) is 1. The molecule has 11 nitrogen and oxygen atoms in total. The maximum atomic E-state index is 11.7. The predicted octanol–water partition coefficient (Wildman–Crippen LogP) is 3.62. The van der Waals surface area contributed by atoms with Crippen LogP contribution >= 0.6 is 0 Å². The van der Waals surface area contributed by atoms with Crippen molar-refractivity contribution in [1.29, 1.82) is 0 Å². The van der Waals surface area contributed by atoms with E-state index < -0.39 is 15.8 Å². The Morgan fingerprint density at radius 1 is 1.00 bits per heavy atom. The molecule has 3 heterocycles. The van der Waals surface area contributed by atoms with Crippen LogP contribution in [0, 0.1) is 10.8 Å². The normalized spacial score (nSPS) is 23.0. The van der Waals surface area contributed by atoms with Gasteiger partial charge in [0, 0.05) is 60.5 Å². The number of aromatic carboxylic acids is 1. The van der Waals surface area contributed by atoms with Gasteiger partial charge in [-0.25, -0.2) is 13.2 Å². The van der Waals surface area contributed by atoms with Crippen LogP contribution in [0.1, 0.15) is 43.1 Å². The van der Waals surface area contributed by atoms with E-state index in [2.05, 4.69) is 64.2 Å². The maximum Gasteiger partial charge on any atom is 0.335 e. The number of nitrogens with zero attached hydrogens (tertiary/aromatic N) is 6. The molecule has 6 rings (SSSR count). The molecule has 1 saturated heterocycles. The summed E-state index contributed by atoms with van der Waals surface area (Å²) in [6.45, 7) is 10.6. The van der Waals surface area contributed by atoms with Crippen molar-refractivity contribution in [2.45, 2.75) is 33.7 Å². The van der Waals surface area contributed by atoms with E-state index in [-0.39, 0.29) is 27.9 Å². The predicted molar refractivity (Wildman–Crippen MR) is 171 cm³/mol. The van der Waals surface area contributed by atoms with Gasteiger partial charge in [0.15, 0.2) is 9.84 Å². The van der Waals surface area contributed by atoms with E-state index in [0.29, 0.717) is 37.7 Å². The molecule has 1 atom stereocenters. The molecule has 0 radical (unpaired) electrons. The third-order valence-corrected chi connectivity index (χ3v) is 10.9. The summed E-state index contributed by atoms with van der Waals surface area (Å²) in [6.07, 6.45) is 5.51. The first-order valence-corrected chi connectivity index (χ1v) is 16.8. The highest BCUT2D eigenvalue weighted by Gasteiger charge is 2.45.